The summed E-state index contributed by atoms with van der Waals surface area (Å²) in [5, 5.41) is 0. The van der Waals surface area contributed by atoms with Crippen molar-refractivity contribution in [2.45, 2.75) is 20.8 Å². The van der Waals surface area contributed by atoms with E-state index in [9.17, 15) is 0 Å². The van der Waals surface area contributed by atoms with Crippen LogP contribution >= 0.6 is 27.3 Å². The summed E-state index contributed by atoms with van der Waals surface area (Å²) in [6, 6.07) is 12.8. The number of imidazole rings is 1. The van der Waals surface area contributed by atoms with E-state index < -0.39 is 0 Å². The van der Waals surface area contributed by atoms with Crippen LogP contribution in [0.5, 0.6) is 0 Å². The number of aromatic nitrogens is 2. The van der Waals surface area contributed by atoms with Crippen molar-refractivity contribution in [3.8, 4) is 0 Å². The lowest BCUT2D eigenvalue weighted by molar-refractivity contribution is 1.34. The Bertz CT molecular complexity index is 834. The van der Waals surface area contributed by atoms with Crippen molar-refractivity contribution in [3.05, 3.63) is 46.4 Å². The van der Waals surface area contributed by atoms with Gasteiger partial charge in [0.1, 0.15) is 0 Å². The number of hydrogen-bond acceptors (Lipinski definition) is 2. The first-order valence-corrected chi connectivity index (χ1v) is 8.30. The van der Waals surface area contributed by atoms with Gasteiger partial charge in [-0.2, -0.15) is 0 Å². The number of benzene rings is 2. The Morgan fingerprint density at radius 2 is 1.85 bits per heavy atom. The third-order valence-electron chi connectivity index (χ3n) is 3.14. The second-order valence-electron chi connectivity index (χ2n) is 4.44. The summed E-state index contributed by atoms with van der Waals surface area (Å²) >= 11 is 5.27. The molecular formula is C16H15BrN2S. The first-order chi connectivity index (χ1) is 9.72. The van der Waals surface area contributed by atoms with Crippen LogP contribution in [0, 0.1) is 6.92 Å². The van der Waals surface area contributed by atoms with Crippen LogP contribution in [0.1, 0.15) is 19.4 Å². The quantitative estimate of drug-likeness (QED) is 0.393. The van der Waals surface area contributed by atoms with Gasteiger partial charge in [-0.15, -0.1) is 0 Å². The number of aryl methyl sites for hydroxylation is 1. The number of hydrogen-bond donors (Lipinski definition) is 0. The molecule has 4 aromatic rings. The summed E-state index contributed by atoms with van der Waals surface area (Å²) in [4.78, 5) is 5.75. The lowest BCUT2D eigenvalue weighted by atomic mass is 10.2. The highest BCUT2D eigenvalue weighted by atomic mass is 79.9. The van der Waals surface area contributed by atoms with Gasteiger partial charge in [0.15, 0.2) is 4.96 Å². The van der Waals surface area contributed by atoms with Crippen molar-refractivity contribution in [3.63, 3.8) is 0 Å². The molecule has 4 heteroatoms. The van der Waals surface area contributed by atoms with E-state index in [4.69, 9.17) is 0 Å². The van der Waals surface area contributed by atoms with E-state index in [0.29, 0.717) is 0 Å². The minimum absolute atomic E-state index is 1.06. The molecule has 20 heavy (non-hydrogen) atoms. The fourth-order valence-electron chi connectivity index (χ4n) is 2.31. The van der Waals surface area contributed by atoms with Gasteiger partial charge < -0.3 is 0 Å². The molecule has 0 aliphatic carbocycles. The van der Waals surface area contributed by atoms with Crippen LogP contribution in [0.15, 0.2) is 40.9 Å². The molecule has 4 rings (SSSR count). The topological polar surface area (TPSA) is 17.3 Å². The van der Waals surface area contributed by atoms with Gasteiger partial charge in [-0.3, -0.25) is 4.40 Å². The predicted molar refractivity (Wildman–Crippen MR) is 91.9 cm³/mol. The molecule has 0 aliphatic heterocycles. The minimum atomic E-state index is 1.06. The molecule has 0 N–H and O–H groups in total. The molecule has 0 atom stereocenters. The fraction of sp³-hybridized carbons (Fsp3) is 0.188. The maximum Gasteiger partial charge on any atom is 0.195 e. The van der Waals surface area contributed by atoms with E-state index in [0.717, 1.165) is 15.0 Å². The molecule has 0 aliphatic rings. The Morgan fingerprint density at radius 1 is 1.05 bits per heavy atom. The lowest BCUT2D eigenvalue weighted by Gasteiger charge is -1.97. The second kappa shape index (κ2) is 5.19. The van der Waals surface area contributed by atoms with Crippen molar-refractivity contribution >= 4 is 53.5 Å². The Kier molecular flexibility index (Phi) is 3.52. The van der Waals surface area contributed by atoms with E-state index in [1.807, 2.05) is 13.8 Å². The van der Waals surface area contributed by atoms with Gasteiger partial charge in [0.25, 0.3) is 0 Å². The van der Waals surface area contributed by atoms with Gasteiger partial charge in [-0.25, -0.2) is 4.98 Å². The average molecular weight is 347 g/mol. The minimum Gasteiger partial charge on any atom is -0.283 e. The van der Waals surface area contributed by atoms with Crippen LogP contribution in [-0.2, 0) is 0 Å². The normalized spacial score (nSPS) is 11.0. The molecule has 0 radical (unpaired) electrons. The number of thiazole rings is 1. The molecule has 2 aromatic heterocycles. The van der Waals surface area contributed by atoms with E-state index in [1.165, 1.54) is 21.3 Å². The molecule has 2 heterocycles. The van der Waals surface area contributed by atoms with Gasteiger partial charge in [-0.1, -0.05) is 47.2 Å². The van der Waals surface area contributed by atoms with Crippen LogP contribution < -0.4 is 0 Å². The van der Waals surface area contributed by atoms with Crippen molar-refractivity contribution in [2.75, 3.05) is 0 Å². The zero-order chi connectivity index (χ0) is 14.3. The number of halogens is 1. The van der Waals surface area contributed by atoms with Gasteiger partial charge >= 0.3 is 0 Å². The first kappa shape index (κ1) is 13.6. The highest BCUT2D eigenvalue weighted by Crippen LogP contribution is 2.32. The van der Waals surface area contributed by atoms with Crippen molar-refractivity contribution in [1.29, 1.82) is 0 Å². The second-order valence-corrected chi connectivity index (χ2v) is 6.36. The van der Waals surface area contributed by atoms with Crippen molar-refractivity contribution in [1.82, 2.24) is 9.38 Å². The van der Waals surface area contributed by atoms with Gasteiger partial charge in [0.05, 0.1) is 21.3 Å². The lowest BCUT2D eigenvalue weighted by Crippen LogP contribution is -1.81. The molecular weight excluding hydrogens is 332 g/mol. The van der Waals surface area contributed by atoms with E-state index in [1.54, 1.807) is 11.3 Å². The summed E-state index contributed by atoms with van der Waals surface area (Å²) < 4.78 is 4.61. The zero-order valence-electron chi connectivity index (χ0n) is 11.6. The highest BCUT2D eigenvalue weighted by Gasteiger charge is 2.11. The molecule has 0 fully saturated rings. The summed E-state index contributed by atoms with van der Waals surface area (Å²) in [5.74, 6) is 0. The molecule has 2 aromatic carbocycles. The molecule has 2 nitrogen and oxygen atoms in total. The Balaban J connectivity index is 0.000000581. The molecule has 0 bridgehead atoms. The maximum absolute atomic E-state index is 4.69. The largest absolute Gasteiger partial charge is 0.283 e. The number of rotatable bonds is 0. The van der Waals surface area contributed by atoms with Crippen molar-refractivity contribution < 1.29 is 0 Å². The SMILES string of the molecule is CC.Cc1ccc2nc3sc4ccc(Br)cc4n3c2c1. The van der Waals surface area contributed by atoms with E-state index >= 15 is 0 Å². The van der Waals surface area contributed by atoms with Crippen LogP contribution in [0.25, 0.3) is 26.2 Å². The summed E-state index contributed by atoms with van der Waals surface area (Å²) in [6.07, 6.45) is 0. The number of fused-ring (bicyclic) bond motifs is 5. The van der Waals surface area contributed by atoms with Gasteiger partial charge in [0, 0.05) is 4.47 Å². The first-order valence-electron chi connectivity index (χ1n) is 6.69. The van der Waals surface area contributed by atoms with Gasteiger partial charge in [0.2, 0.25) is 0 Å². The molecule has 0 amide bonds. The zero-order valence-corrected chi connectivity index (χ0v) is 14.0. The average Bonchev–Trinajstić information content (AvgIpc) is 2.97. The van der Waals surface area contributed by atoms with E-state index in [-0.39, 0.29) is 0 Å². The maximum atomic E-state index is 4.69. The molecule has 0 spiro atoms. The molecule has 0 saturated heterocycles. The standard InChI is InChI=1S/C14H9BrN2S.C2H6/c1-8-2-4-10-11(6-8)17-12-7-9(15)3-5-13(12)18-14(17)16-10;1-2/h2-7H,1H3;1-2H3. The summed E-state index contributed by atoms with van der Waals surface area (Å²) in [5.41, 5.74) is 4.74. The Morgan fingerprint density at radius 3 is 2.65 bits per heavy atom. The Labute approximate surface area is 130 Å². The smallest absolute Gasteiger partial charge is 0.195 e. The van der Waals surface area contributed by atoms with Crippen LogP contribution in [0.4, 0.5) is 0 Å². The highest BCUT2D eigenvalue weighted by molar-refractivity contribution is 9.10. The number of nitrogens with zero attached hydrogens (tertiary/aromatic N) is 2. The van der Waals surface area contributed by atoms with E-state index in [2.05, 4.69) is 68.6 Å². The molecule has 0 unspecified atom stereocenters. The Hall–Kier alpha value is -1.39. The van der Waals surface area contributed by atoms with Crippen LogP contribution in [-0.4, -0.2) is 9.38 Å². The van der Waals surface area contributed by atoms with Crippen molar-refractivity contribution in [2.24, 2.45) is 0 Å². The summed E-state index contributed by atoms with van der Waals surface area (Å²) in [6.45, 7) is 6.11. The van der Waals surface area contributed by atoms with Crippen LogP contribution in [0.3, 0.4) is 0 Å². The summed E-state index contributed by atoms with van der Waals surface area (Å²) in [7, 11) is 0. The predicted octanol–water partition coefficient (Wildman–Crippen LogP) is 5.80. The monoisotopic (exact) mass is 346 g/mol. The fourth-order valence-corrected chi connectivity index (χ4v) is 3.68. The van der Waals surface area contributed by atoms with Gasteiger partial charge in [-0.05, 0) is 42.8 Å². The third-order valence-corrected chi connectivity index (χ3v) is 4.66. The van der Waals surface area contributed by atoms with Crippen LogP contribution in [0.2, 0.25) is 0 Å². The molecule has 102 valence electrons. The third kappa shape index (κ3) is 2.03. The molecule has 0 saturated carbocycles.